The summed E-state index contributed by atoms with van der Waals surface area (Å²) in [5.74, 6) is 0. The highest BCUT2D eigenvalue weighted by atomic mass is 32.2. The number of pyridine rings is 1. The zero-order chi connectivity index (χ0) is 14.8. The van der Waals surface area contributed by atoms with Gasteiger partial charge in [-0.2, -0.15) is 0 Å². The SMILES string of the molecule is CCn1cc(S(=O)(=O)Nc2cnccc2C)cc1CO. The molecule has 0 aliphatic rings. The minimum Gasteiger partial charge on any atom is -0.390 e. The van der Waals surface area contributed by atoms with Crippen molar-refractivity contribution in [3.05, 3.63) is 42.0 Å². The maximum atomic E-state index is 12.3. The lowest BCUT2D eigenvalue weighted by Gasteiger charge is -2.08. The number of rotatable bonds is 5. The van der Waals surface area contributed by atoms with Crippen molar-refractivity contribution in [1.29, 1.82) is 0 Å². The van der Waals surface area contributed by atoms with Crippen molar-refractivity contribution < 1.29 is 13.5 Å². The molecule has 2 rings (SSSR count). The van der Waals surface area contributed by atoms with Crippen molar-refractivity contribution in [2.75, 3.05) is 4.72 Å². The molecule has 0 saturated heterocycles. The zero-order valence-electron chi connectivity index (χ0n) is 11.4. The van der Waals surface area contributed by atoms with Crippen LogP contribution in [0.25, 0.3) is 0 Å². The Labute approximate surface area is 118 Å². The topological polar surface area (TPSA) is 84.2 Å². The van der Waals surface area contributed by atoms with E-state index in [4.69, 9.17) is 0 Å². The zero-order valence-corrected chi connectivity index (χ0v) is 12.2. The predicted octanol–water partition coefficient (Wildman–Crippen LogP) is 1.50. The van der Waals surface area contributed by atoms with Crippen LogP contribution in [0.15, 0.2) is 35.6 Å². The van der Waals surface area contributed by atoms with Crippen LogP contribution in [0.3, 0.4) is 0 Å². The lowest BCUT2D eigenvalue weighted by molar-refractivity contribution is 0.271. The van der Waals surface area contributed by atoms with Crippen LogP contribution in [-0.4, -0.2) is 23.1 Å². The largest absolute Gasteiger partial charge is 0.390 e. The van der Waals surface area contributed by atoms with E-state index >= 15 is 0 Å². The molecule has 0 aliphatic heterocycles. The molecule has 0 aromatic carbocycles. The standard InChI is InChI=1S/C13H17N3O3S/c1-3-16-8-12(6-11(16)9-17)20(18,19)15-13-7-14-5-4-10(13)2/h4-8,15,17H,3,9H2,1-2H3. The van der Waals surface area contributed by atoms with Gasteiger partial charge in [0.25, 0.3) is 10.0 Å². The molecule has 6 nitrogen and oxygen atoms in total. The molecule has 0 unspecified atom stereocenters. The highest BCUT2D eigenvalue weighted by molar-refractivity contribution is 7.92. The molecule has 0 fully saturated rings. The average molecular weight is 295 g/mol. The molecule has 0 amide bonds. The van der Waals surface area contributed by atoms with Crippen LogP contribution >= 0.6 is 0 Å². The van der Waals surface area contributed by atoms with Gasteiger partial charge in [0.2, 0.25) is 0 Å². The van der Waals surface area contributed by atoms with Crippen LogP contribution in [-0.2, 0) is 23.2 Å². The van der Waals surface area contributed by atoms with Gasteiger partial charge in [0, 0.05) is 24.6 Å². The Kier molecular flexibility index (Phi) is 4.10. The molecule has 2 N–H and O–H groups in total. The number of hydrogen-bond donors (Lipinski definition) is 2. The van der Waals surface area contributed by atoms with Gasteiger partial charge in [-0.05, 0) is 31.5 Å². The van der Waals surface area contributed by atoms with Crippen molar-refractivity contribution in [2.45, 2.75) is 31.9 Å². The van der Waals surface area contributed by atoms with Crippen molar-refractivity contribution >= 4 is 15.7 Å². The lowest BCUT2D eigenvalue weighted by atomic mass is 10.3. The van der Waals surface area contributed by atoms with Gasteiger partial charge in [0.15, 0.2) is 0 Å². The van der Waals surface area contributed by atoms with E-state index in [9.17, 15) is 13.5 Å². The van der Waals surface area contributed by atoms with Crippen LogP contribution in [0.1, 0.15) is 18.2 Å². The summed E-state index contributed by atoms with van der Waals surface area (Å²) in [4.78, 5) is 4.04. The van der Waals surface area contributed by atoms with E-state index in [-0.39, 0.29) is 11.5 Å². The summed E-state index contributed by atoms with van der Waals surface area (Å²) < 4.78 is 28.8. The normalized spacial score (nSPS) is 11.6. The Morgan fingerprint density at radius 3 is 2.75 bits per heavy atom. The average Bonchev–Trinajstić information content (AvgIpc) is 2.85. The monoisotopic (exact) mass is 295 g/mol. The van der Waals surface area contributed by atoms with Crippen LogP contribution in [0.5, 0.6) is 0 Å². The molecule has 7 heteroatoms. The molecular weight excluding hydrogens is 278 g/mol. The fourth-order valence-corrected chi connectivity index (χ4v) is 3.05. The van der Waals surface area contributed by atoms with Crippen LogP contribution in [0.2, 0.25) is 0 Å². The number of aromatic nitrogens is 2. The molecule has 0 spiro atoms. The maximum absolute atomic E-state index is 12.3. The third kappa shape index (κ3) is 2.83. The molecule has 0 atom stereocenters. The number of aliphatic hydroxyl groups is 1. The minimum absolute atomic E-state index is 0.131. The quantitative estimate of drug-likeness (QED) is 0.875. The van der Waals surface area contributed by atoms with E-state index in [1.807, 2.05) is 6.92 Å². The van der Waals surface area contributed by atoms with E-state index < -0.39 is 10.0 Å². The first-order chi connectivity index (χ1) is 9.47. The van der Waals surface area contributed by atoms with Gasteiger partial charge in [0.05, 0.1) is 18.5 Å². The number of anilines is 1. The lowest BCUT2D eigenvalue weighted by Crippen LogP contribution is -2.13. The van der Waals surface area contributed by atoms with Crippen LogP contribution in [0.4, 0.5) is 5.69 Å². The van der Waals surface area contributed by atoms with E-state index in [1.54, 1.807) is 23.8 Å². The van der Waals surface area contributed by atoms with Crippen molar-refractivity contribution in [1.82, 2.24) is 9.55 Å². The first-order valence-electron chi connectivity index (χ1n) is 6.21. The molecule has 0 bridgehead atoms. The van der Waals surface area contributed by atoms with Gasteiger partial charge in [-0.25, -0.2) is 8.42 Å². The van der Waals surface area contributed by atoms with Gasteiger partial charge < -0.3 is 9.67 Å². The first-order valence-corrected chi connectivity index (χ1v) is 7.69. The van der Waals surface area contributed by atoms with Gasteiger partial charge in [-0.15, -0.1) is 0 Å². The van der Waals surface area contributed by atoms with Crippen molar-refractivity contribution in [3.8, 4) is 0 Å². The smallest absolute Gasteiger partial charge is 0.263 e. The highest BCUT2D eigenvalue weighted by Gasteiger charge is 2.18. The molecule has 108 valence electrons. The minimum atomic E-state index is -3.68. The van der Waals surface area contributed by atoms with E-state index in [1.165, 1.54) is 18.5 Å². The Hall–Kier alpha value is -1.86. The van der Waals surface area contributed by atoms with Gasteiger partial charge in [0.1, 0.15) is 4.90 Å². The number of aryl methyl sites for hydroxylation is 2. The molecule has 0 aliphatic carbocycles. The number of sulfonamides is 1. The van der Waals surface area contributed by atoms with Crippen molar-refractivity contribution in [2.24, 2.45) is 0 Å². The third-order valence-electron chi connectivity index (χ3n) is 3.06. The van der Waals surface area contributed by atoms with Crippen LogP contribution in [0, 0.1) is 6.92 Å². The second kappa shape index (κ2) is 5.64. The van der Waals surface area contributed by atoms with Gasteiger partial charge in [-0.1, -0.05) is 0 Å². The third-order valence-corrected chi connectivity index (χ3v) is 4.39. The number of nitrogens with zero attached hydrogens (tertiary/aromatic N) is 2. The van der Waals surface area contributed by atoms with E-state index in [2.05, 4.69) is 9.71 Å². The molecular formula is C13H17N3O3S. The number of hydrogen-bond acceptors (Lipinski definition) is 4. The Bertz CT molecular complexity index is 686. The fraction of sp³-hybridized carbons (Fsp3) is 0.308. The summed E-state index contributed by atoms with van der Waals surface area (Å²) in [5, 5.41) is 9.22. The van der Waals surface area contributed by atoms with E-state index in [0.717, 1.165) is 5.56 Å². The molecule has 2 aromatic heterocycles. The first kappa shape index (κ1) is 14.5. The molecule has 2 aromatic rings. The predicted molar refractivity (Wildman–Crippen MR) is 75.8 cm³/mol. The second-order valence-electron chi connectivity index (χ2n) is 4.41. The second-order valence-corrected chi connectivity index (χ2v) is 6.09. The highest BCUT2D eigenvalue weighted by Crippen LogP contribution is 2.20. The summed E-state index contributed by atoms with van der Waals surface area (Å²) in [6.45, 7) is 4.08. The Balaban J connectivity index is 2.36. The fourth-order valence-electron chi connectivity index (χ4n) is 1.87. The summed E-state index contributed by atoms with van der Waals surface area (Å²) in [6.07, 6.45) is 4.58. The number of nitrogens with one attached hydrogen (secondary N) is 1. The molecule has 2 heterocycles. The maximum Gasteiger partial charge on any atom is 0.263 e. The molecule has 0 radical (unpaired) electrons. The molecule has 0 saturated carbocycles. The van der Waals surface area contributed by atoms with Gasteiger partial charge in [-0.3, -0.25) is 9.71 Å². The summed E-state index contributed by atoms with van der Waals surface area (Å²) in [7, 11) is -3.68. The van der Waals surface area contributed by atoms with Crippen LogP contribution < -0.4 is 4.72 Å². The van der Waals surface area contributed by atoms with Crippen molar-refractivity contribution in [3.63, 3.8) is 0 Å². The summed E-state index contributed by atoms with van der Waals surface area (Å²) in [6, 6.07) is 3.20. The summed E-state index contributed by atoms with van der Waals surface area (Å²) >= 11 is 0. The van der Waals surface area contributed by atoms with Gasteiger partial charge >= 0.3 is 0 Å². The van der Waals surface area contributed by atoms with E-state index in [0.29, 0.717) is 17.9 Å². The molecule has 20 heavy (non-hydrogen) atoms. The Morgan fingerprint density at radius 1 is 1.45 bits per heavy atom. The summed E-state index contributed by atoms with van der Waals surface area (Å²) in [5.41, 5.74) is 1.80. The Morgan fingerprint density at radius 2 is 2.20 bits per heavy atom. The number of aliphatic hydroxyl groups excluding tert-OH is 1.